The number of hydrogen-bond acceptors (Lipinski definition) is 1. The summed E-state index contributed by atoms with van der Waals surface area (Å²) in [6.07, 6.45) is 17.7. The molecular formula is C49H49N. The van der Waals surface area contributed by atoms with E-state index in [2.05, 4.69) is 160 Å². The van der Waals surface area contributed by atoms with E-state index in [1.54, 1.807) is 0 Å². The molecule has 250 valence electrons. The van der Waals surface area contributed by atoms with Crippen LogP contribution >= 0.6 is 0 Å². The van der Waals surface area contributed by atoms with Crippen LogP contribution in [0.2, 0.25) is 0 Å². The number of anilines is 2. The van der Waals surface area contributed by atoms with Gasteiger partial charge in [-0.15, -0.1) is 0 Å². The minimum absolute atomic E-state index is 0.0188. The average Bonchev–Trinajstić information content (AvgIpc) is 3.72. The highest BCUT2D eigenvalue weighted by molar-refractivity contribution is 5.86. The molecule has 50 heavy (non-hydrogen) atoms. The summed E-state index contributed by atoms with van der Waals surface area (Å²) in [6, 6.07) is 43.5. The Morgan fingerprint density at radius 1 is 0.580 bits per heavy atom. The van der Waals surface area contributed by atoms with Gasteiger partial charge < -0.3 is 5.32 Å². The van der Waals surface area contributed by atoms with Gasteiger partial charge in [0.1, 0.15) is 0 Å². The Balaban J connectivity index is 0.978. The lowest BCUT2D eigenvalue weighted by Gasteiger charge is -2.33. The first kappa shape index (κ1) is 31.4. The second kappa shape index (κ2) is 12.0. The van der Waals surface area contributed by atoms with E-state index in [4.69, 9.17) is 0 Å². The van der Waals surface area contributed by atoms with Crippen molar-refractivity contribution in [2.45, 2.75) is 83.0 Å². The van der Waals surface area contributed by atoms with Gasteiger partial charge in [0.2, 0.25) is 0 Å². The Bertz CT molecular complexity index is 2150. The lowest BCUT2D eigenvalue weighted by Crippen LogP contribution is -2.27. The number of benzene rings is 5. The third-order valence-corrected chi connectivity index (χ3v) is 12.8. The van der Waals surface area contributed by atoms with Gasteiger partial charge in [-0.05, 0) is 112 Å². The zero-order valence-electron chi connectivity index (χ0n) is 29.9. The topological polar surface area (TPSA) is 12.0 Å². The molecule has 1 saturated carbocycles. The molecular weight excluding hydrogens is 603 g/mol. The van der Waals surface area contributed by atoms with Crippen molar-refractivity contribution in [2.75, 3.05) is 5.32 Å². The first-order chi connectivity index (χ1) is 24.4. The predicted molar refractivity (Wildman–Crippen MR) is 211 cm³/mol. The second-order valence-electron chi connectivity index (χ2n) is 16.2. The van der Waals surface area contributed by atoms with Gasteiger partial charge in [-0.25, -0.2) is 0 Å². The van der Waals surface area contributed by atoms with Crippen molar-refractivity contribution >= 4 is 11.4 Å². The molecule has 0 saturated heterocycles. The molecule has 5 aromatic rings. The third-order valence-electron chi connectivity index (χ3n) is 12.8. The summed E-state index contributed by atoms with van der Waals surface area (Å²) in [7, 11) is 0. The van der Waals surface area contributed by atoms with Gasteiger partial charge in [0.05, 0.1) is 0 Å². The molecule has 2 unspecified atom stereocenters. The van der Waals surface area contributed by atoms with E-state index in [1.807, 2.05) is 0 Å². The van der Waals surface area contributed by atoms with E-state index in [0.29, 0.717) is 5.41 Å². The molecule has 0 amide bonds. The Kier molecular flexibility index (Phi) is 7.54. The standard InChI is InChI=1S/C49H49N/c1-34-26-29-48(33-36(48)30-34)27-14-5-4-6-15-28-49(35-16-8-7-9-17-35)44-21-13-11-19-40(44)42-25-23-38(32-46(42)49)50-37-22-24-41-39-18-10-12-20-43(39)47(2,3)45(41)31-37/h7-13,16-26,29-32,36,50H,4-6,14-15,27-28,33H2,1-3H3/t36?,48-,49?/m1/s1. The molecule has 0 aliphatic heterocycles. The highest BCUT2D eigenvalue weighted by Crippen LogP contribution is 2.60. The Hall–Kier alpha value is -4.62. The van der Waals surface area contributed by atoms with E-state index < -0.39 is 0 Å². The van der Waals surface area contributed by atoms with Crippen LogP contribution in [0.4, 0.5) is 11.4 Å². The van der Waals surface area contributed by atoms with Crippen molar-refractivity contribution in [1.82, 2.24) is 0 Å². The van der Waals surface area contributed by atoms with Gasteiger partial charge in [0.25, 0.3) is 0 Å². The van der Waals surface area contributed by atoms with Crippen LogP contribution in [0.25, 0.3) is 22.3 Å². The van der Waals surface area contributed by atoms with Crippen LogP contribution < -0.4 is 5.32 Å². The Morgan fingerprint density at radius 2 is 1.16 bits per heavy atom. The van der Waals surface area contributed by atoms with E-state index >= 15 is 0 Å². The Morgan fingerprint density at radius 3 is 1.90 bits per heavy atom. The largest absolute Gasteiger partial charge is 0.356 e. The fourth-order valence-corrected chi connectivity index (χ4v) is 10.0. The summed E-state index contributed by atoms with van der Waals surface area (Å²) in [5, 5.41) is 3.86. The van der Waals surface area contributed by atoms with Gasteiger partial charge in [0, 0.05) is 22.2 Å². The van der Waals surface area contributed by atoms with Crippen molar-refractivity contribution < 1.29 is 0 Å². The zero-order chi connectivity index (χ0) is 33.9. The number of fused-ring (bicyclic) bond motifs is 7. The van der Waals surface area contributed by atoms with Gasteiger partial charge in [-0.2, -0.15) is 0 Å². The smallest absolute Gasteiger partial charge is 0.0464 e. The molecule has 5 aromatic carbocycles. The molecule has 0 aromatic heterocycles. The van der Waals surface area contributed by atoms with Crippen molar-refractivity contribution in [3.8, 4) is 22.3 Å². The summed E-state index contributed by atoms with van der Waals surface area (Å²) >= 11 is 0. The molecule has 1 fully saturated rings. The summed E-state index contributed by atoms with van der Waals surface area (Å²) in [5.41, 5.74) is 16.7. The third kappa shape index (κ3) is 5.04. The SMILES string of the molecule is CC1=CC2C[C@@]2(CCCCCCCC2(c3ccccc3)c3ccccc3-c3ccc(Nc4ccc5c(c4)C(C)(C)c4ccccc4-5)cc32)C=C1. The van der Waals surface area contributed by atoms with E-state index in [0.717, 1.165) is 23.7 Å². The van der Waals surface area contributed by atoms with Crippen LogP contribution in [0.15, 0.2) is 139 Å². The van der Waals surface area contributed by atoms with Gasteiger partial charge in [0.15, 0.2) is 0 Å². The molecule has 1 heteroatoms. The first-order valence-electron chi connectivity index (χ1n) is 19.1. The lowest BCUT2D eigenvalue weighted by molar-refractivity contribution is 0.472. The molecule has 4 aliphatic carbocycles. The van der Waals surface area contributed by atoms with Crippen molar-refractivity contribution in [2.24, 2.45) is 11.3 Å². The van der Waals surface area contributed by atoms with Crippen LogP contribution in [0, 0.1) is 11.3 Å². The molecule has 0 bridgehead atoms. The zero-order valence-corrected chi connectivity index (χ0v) is 29.9. The summed E-state index contributed by atoms with van der Waals surface area (Å²) in [5.74, 6) is 0.812. The maximum atomic E-state index is 3.86. The maximum Gasteiger partial charge on any atom is 0.0464 e. The van der Waals surface area contributed by atoms with Gasteiger partial charge in [-0.1, -0.05) is 161 Å². The van der Waals surface area contributed by atoms with Crippen LogP contribution in [-0.2, 0) is 10.8 Å². The molecule has 0 heterocycles. The molecule has 0 radical (unpaired) electrons. The summed E-state index contributed by atoms with van der Waals surface area (Å²) in [4.78, 5) is 0. The maximum absolute atomic E-state index is 3.86. The highest BCUT2D eigenvalue weighted by Gasteiger charge is 2.51. The highest BCUT2D eigenvalue weighted by atomic mass is 14.9. The molecule has 3 atom stereocenters. The second-order valence-corrected chi connectivity index (χ2v) is 16.2. The number of rotatable bonds is 11. The van der Waals surface area contributed by atoms with Crippen molar-refractivity contribution in [1.29, 1.82) is 0 Å². The molecule has 9 rings (SSSR count). The van der Waals surface area contributed by atoms with Crippen molar-refractivity contribution in [3.63, 3.8) is 0 Å². The number of nitrogens with one attached hydrogen (secondary N) is 1. The minimum Gasteiger partial charge on any atom is -0.356 e. The number of hydrogen-bond donors (Lipinski definition) is 1. The lowest BCUT2D eigenvalue weighted by atomic mass is 9.69. The van der Waals surface area contributed by atoms with Gasteiger partial charge in [-0.3, -0.25) is 0 Å². The monoisotopic (exact) mass is 651 g/mol. The minimum atomic E-state index is -0.163. The predicted octanol–water partition coefficient (Wildman–Crippen LogP) is 13.3. The van der Waals surface area contributed by atoms with Crippen molar-refractivity contribution in [3.05, 3.63) is 167 Å². The van der Waals surface area contributed by atoms with E-state index in [-0.39, 0.29) is 10.8 Å². The molecule has 4 aliphatic rings. The molecule has 0 spiro atoms. The summed E-state index contributed by atoms with van der Waals surface area (Å²) < 4.78 is 0. The number of allylic oxidation sites excluding steroid dienone is 4. The average molecular weight is 652 g/mol. The van der Waals surface area contributed by atoms with Crippen LogP contribution in [0.5, 0.6) is 0 Å². The van der Waals surface area contributed by atoms with Crippen LogP contribution in [0.3, 0.4) is 0 Å². The quantitative estimate of drug-likeness (QED) is 0.140. The van der Waals surface area contributed by atoms with E-state index in [9.17, 15) is 0 Å². The first-order valence-corrected chi connectivity index (χ1v) is 19.1. The number of unbranched alkanes of at least 4 members (excludes halogenated alkanes) is 4. The summed E-state index contributed by atoms with van der Waals surface area (Å²) in [6.45, 7) is 6.96. The van der Waals surface area contributed by atoms with Gasteiger partial charge >= 0.3 is 0 Å². The fourth-order valence-electron chi connectivity index (χ4n) is 10.0. The van der Waals surface area contributed by atoms with Crippen LogP contribution in [-0.4, -0.2) is 0 Å². The fraction of sp³-hybridized carbons (Fsp3) is 0.306. The normalized spacial score (nSPS) is 22.9. The van der Waals surface area contributed by atoms with E-state index in [1.165, 1.54) is 101 Å². The molecule has 1 nitrogen and oxygen atoms in total. The molecule has 1 N–H and O–H groups in total. The van der Waals surface area contributed by atoms with Crippen LogP contribution in [0.1, 0.15) is 100.0 Å². The Labute approximate surface area is 299 Å².